The lowest BCUT2D eigenvalue weighted by atomic mass is 10.2. The van der Waals surface area contributed by atoms with Crippen LogP contribution < -0.4 is 15.5 Å². The van der Waals surface area contributed by atoms with Gasteiger partial charge in [0.1, 0.15) is 11.4 Å². The lowest BCUT2D eigenvalue weighted by Gasteiger charge is -2.25. The van der Waals surface area contributed by atoms with Crippen molar-refractivity contribution >= 4 is 34.8 Å². The van der Waals surface area contributed by atoms with Gasteiger partial charge in [0, 0.05) is 18.8 Å². The van der Waals surface area contributed by atoms with E-state index in [1.54, 1.807) is 0 Å². The van der Waals surface area contributed by atoms with E-state index in [1.807, 2.05) is 0 Å². The maximum atomic E-state index is 12.1. The van der Waals surface area contributed by atoms with Gasteiger partial charge in [-0.3, -0.25) is 24.5 Å². The Morgan fingerprint density at radius 2 is 2.00 bits per heavy atom. The van der Waals surface area contributed by atoms with E-state index in [1.165, 1.54) is 37.1 Å². The summed E-state index contributed by atoms with van der Waals surface area (Å²) in [5, 5.41) is 17.3. The van der Waals surface area contributed by atoms with Gasteiger partial charge in [0.2, 0.25) is 5.91 Å². The first kappa shape index (κ1) is 21.8. The number of carbonyl (C=O) groups excluding carboxylic acids is 3. The Labute approximate surface area is 166 Å². The van der Waals surface area contributed by atoms with Crippen molar-refractivity contribution in [2.75, 3.05) is 38.7 Å². The number of carbonyl (C=O) groups is 3. The van der Waals surface area contributed by atoms with Gasteiger partial charge in [0.05, 0.1) is 37.7 Å². The van der Waals surface area contributed by atoms with Crippen molar-refractivity contribution in [1.29, 1.82) is 0 Å². The van der Waals surface area contributed by atoms with Crippen molar-refractivity contribution in [3.63, 3.8) is 0 Å². The molecule has 2 rings (SSSR count). The Hall–Kier alpha value is -3.54. The molecule has 2 N–H and O–H groups in total. The summed E-state index contributed by atoms with van der Waals surface area (Å²) in [5.74, 6) is -1.95. The molecule has 0 saturated carbocycles. The topological polar surface area (TPSA) is 152 Å². The first-order valence-corrected chi connectivity index (χ1v) is 8.64. The lowest BCUT2D eigenvalue weighted by Crippen LogP contribution is -2.47. The van der Waals surface area contributed by atoms with E-state index in [0.29, 0.717) is 26.3 Å². The van der Waals surface area contributed by atoms with Gasteiger partial charge < -0.3 is 19.7 Å². The minimum absolute atomic E-state index is 0.000121. The van der Waals surface area contributed by atoms with Gasteiger partial charge in [-0.25, -0.2) is 5.43 Å². The van der Waals surface area contributed by atoms with Crippen LogP contribution in [0, 0.1) is 10.1 Å². The highest BCUT2D eigenvalue weighted by atomic mass is 16.6. The number of nitro groups is 1. The molecule has 0 atom stereocenters. The van der Waals surface area contributed by atoms with Crippen LogP contribution in [0.2, 0.25) is 0 Å². The van der Waals surface area contributed by atoms with E-state index in [-0.39, 0.29) is 29.3 Å². The SMILES string of the molecule is COc1ccc(NC(=O)C/C(C)=N/NC(=O)C(=O)N2CCOCC2)c([N+](=O)[O-])c1. The quantitative estimate of drug-likeness (QED) is 0.297. The Morgan fingerprint density at radius 3 is 2.62 bits per heavy atom. The van der Waals surface area contributed by atoms with Gasteiger partial charge in [-0.1, -0.05) is 0 Å². The second kappa shape index (κ2) is 10.1. The number of anilines is 1. The molecule has 1 aromatic carbocycles. The molecular weight excluding hydrogens is 386 g/mol. The highest BCUT2D eigenvalue weighted by Crippen LogP contribution is 2.28. The van der Waals surface area contributed by atoms with Crippen LogP contribution in [0.25, 0.3) is 0 Å². The summed E-state index contributed by atoms with van der Waals surface area (Å²) in [4.78, 5) is 47.8. The fourth-order valence-electron chi connectivity index (χ4n) is 2.47. The Balaban J connectivity index is 1.92. The third-order valence-corrected chi connectivity index (χ3v) is 3.93. The summed E-state index contributed by atoms with van der Waals surface area (Å²) in [6, 6.07) is 4.01. The third kappa shape index (κ3) is 6.24. The predicted molar refractivity (Wildman–Crippen MR) is 102 cm³/mol. The Bertz CT molecular complexity index is 833. The van der Waals surface area contributed by atoms with E-state index in [2.05, 4.69) is 15.8 Å². The molecule has 0 spiro atoms. The molecule has 1 aliphatic rings. The fraction of sp³-hybridized carbons (Fsp3) is 0.412. The van der Waals surface area contributed by atoms with Crippen LogP contribution >= 0.6 is 0 Å². The zero-order valence-corrected chi connectivity index (χ0v) is 16.0. The van der Waals surface area contributed by atoms with Gasteiger partial charge in [-0.2, -0.15) is 5.10 Å². The minimum Gasteiger partial charge on any atom is -0.496 e. The molecule has 0 radical (unpaired) electrons. The molecule has 0 aromatic heterocycles. The molecule has 1 aliphatic heterocycles. The van der Waals surface area contributed by atoms with Crippen LogP contribution in [0.5, 0.6) is 5.75 Å². The first-order valence-electron chi connectivity index (χ1n) is 8.64. The van der Waals surface area contributed by atoms with Gasteiger partial charge in [-0.05, 0) is 19.1 Å². The molecule has 3 amide bonds. The number of nitrogens with zero attached hydrogens (tertiary/aromatic N) is 3. The van der Waals surface area contributed by atoms with Crippen LogP contribution in [-0.2, 0) is 19.1 Å². The summed E-state index contributed by atoms with van der Waals surface area (Å²) >= 11 is 0. The van der Waals surface area contributed by atoms with Crippen molar-refractivity contribution in [2.45, 2.75) is 13.3 Å². The summed E-state index contributed by atoms with van der Waals surface area (Å²) in [5.41, 5.74) is 1.99. The molecule has 12 heteroatoms. The standard InChI is InChI=1S/C17H21N5O7/c1-11(19-20-16(24)17(25)21-5-7-29-8-6-21)9-15(23)18-13-4-3-12(28-2)10-14(13)22(26)27/h3-4,10H,5-9H2,1-2H3,(H,18,23)(H,20,24)/b19-11+. The zero-order valence-electron chi connectivity index (χ0n) is 16.0. The number of methoxy groups -OCH3 is 1. The van der Waals surface area contributed by atoms with E-state index in [0.717, 1.165) is 0 Å². The van der Waals surface area contributed by atoms with E-state index < -0.39 is 22.6 Å². The molecule has 1 saturated heterocycles. The summed E-state index contributed by atoms with van der Waals surface area (Å²) in [6.45, 7) is 2.83. The third-order valence-electron chi connectivity index (χ3n) is 3.93. The number of hydrogen-bond acceptors (Lipinski definition) is 8. The molecule has 1 heterocycles. The molecule has 0 aliphatic carbocycles. The average Bonchev–Trinajstić information content (AvgIpc) is 2.72. The summed E-state index contributed by atoms with van der Waals surface area (Å²) in [6.07, 6.45) is -0.241. The molecule has 0 unspecified atom stereocenters. The first-order chi connectivity index (χ1) is 13.8. The van der Waals surface area contributed by atoms with Crippen molar-refractivity contribution in [1.82, 2.24) is 10.3 Å². The maximum absolute atomic E-state index is 12.1. The number of nitrogens with one attached hydrogen (secondary N) is 2. The van der Waals surface area contributed by atoms with Crippen LogP contribution in [-0.4, -0.2) is 66.7 Å². The summed E-state index contributed by atoms with van der Waals surface area (Å²) in [7, 11) is 1.37. The fourth-order valence-corrected chi connectivity index (χ4v) is 2.47. The van der Waals surface area contributed by atoms with Crippen molar-refractivity contribution in [2.24, 2.45) is 5.10 Å². The minimum atomic E-state index is -0.919. The van der Waals surface area contributed by atoms with Crippen LogP contribution in [0.3, 0.4) is 0 Å². The molecule has 156 valence electrons. The predicted octanol–water partition coefficient (Wildman–Crippen LogP) is 0.283. The van der Waals surface area contributed by atoms with Gasteiger partial charge in [0.25, 0.3) is 5.69 Å². The largest absolute Gasteiger partial charge is 0.496 e. The van der Waals surface area contributed by atoms with E-state index >= 15 is 0 Å². The highest BCUT2D eigenvalue weighted by molar-refractivity contribution is 6.35. The van der Waals surface area contributed by atoms with E-state index in [9.17, 15) is 24.5 Å². The number of benzene rings is 1. The summed E-state index contributed by atoms with van der Waals surface area (Å²) < 4.78 is 10.0. The van der Waals surface area contributed by atoms with Crippen molar-refractivity contribution < 1.29 is 28.8 Å². The van der Waals surface area contributed by atoms with Crippen LogP contribution in [0.15, 0.2) is 23.3 Å². The number of hydrogen-bond donors (Lipinski definition) is 2. The second-order valence-electron chi connectivity index (χ2n) is 6.06. The number of morpholine rings is 1. The highest BCUT2D eigenvalue weighted by Gasteiger charge is 2.23. The molecule has 1 aromatic rings. The van der Waals surface area contributed by atoms with Gasteiger partial charge in [-0.15, -0.1) is 0 Å². The zero-order chi connectivity index (χ0) is 21.4. The smallest absolute Gasteiger partial charge is 0.329 e. The number of ether oxygens (including phenoxy) is 2. The average molecular weight is 407 g/mol. The molecular formula is C17H21N5O7. The van der Waals surface area contributed by atoms with Crippen molar-refractivity contribution in [3.05, 3.63) is 28.3 Å². The van der Waals surface area contributed by atoms with Gasteiger partial charge >= 0.3 is 11.8 Å². The number of rotatable bonds is 6. The molecule has 1 fully saturated rings. The van der Waals surface area contributed by atoms with Crippen LogP contribution in [0.4, 0.5) is 11.4 Å². The number of amides is 3. The molecule has 29 heavy (non-hydrogen) atoms. The monoisotopic (exact) mass is 407 g/mol. The van der Waals surface area contributed by atoms with Crippen LogP contribution in [0.1, 0.15) is 13.3 Å². The molecule has 0 bridgehead atoms. The lowest BCUT2D eigenvalue weighted by molar-refractivity contribution is -0.384. The number of hydrazone groups is 1. The maximum Gasteiger partial charge on any atom is 0.329 e. The number of nitro benzene ring substituents is 1. The van der Waals surface area contributed by atoms with E-state index in [4.69, 9.17) is 9.47 Å². The Kier molecular flexibility index (Phi) is 7.60. The second-order valence-corrected chi connectivity index (χ2v) is 6.06. The Morgan fingerprint density at radius 1 is 1.31 bits per heavy atom. The van der Waals surface area contributed by atoms with Gasteiger partial charge in [0.15, 0.2) is 0 Å². The normalized spacial score (nSPS) is 14.1. The van der Waals surface area contributed by atoms with Crippen molar-refractivity contribution in [3.8, 4) is 5.75 Å². The molecule has 12 nitrogen and oxygen atoms in total.